The molecule has 3 nitrogen and oxygen atoms in total. The summed E-state index contributed by atoms with van der Waals surface area (Å²) >= 11 is 1.83. The zero-order chi connectivity index (χ0) is 13.4. The summed E-state index contributed by atoms with van der Waals surface area (Å²) in [6.07, 6.45) is 5.70. The van der Waals surface area contributed by atoms with Crippen molar-refractivity contribution in [1.29, 1.82) is 0 Å². The molecule has 0 bridgehead atoms. The molecule has 0 amide bonds. The van der Waals surface area contributed by atoms with E-state index >= 15 is 0 Å². The fourth-order valence-electron chi connectivity index (χ4n) is 3.54. The molecule has 2 aliphatic rings. The zero-order valence-corrected chi connectivity index (χ0v) is 12.6. The Balaban J connectivity index is 1.45. The van der Waals surface area contributed by atoms with Gasteiger partial charge in [-0.1, -0.05) is 36.3 Å². The van der Waals surface area contributed by atoms with Gasteiger partial charge in [-0.2, -0.15) is 0 Å². The highest BCUT2D eigenvalue weighted by Crippen LogP contribution is 2.30. The number of rotatable bonds is 2. The molecule has 4 heteroatoms. The summed E-state index contributed by atoms with van der Waals surface area (Å²) in [6.45, 7) is 4.69. The van der Waals surface area contributed by atoms with Gasteiger partial charge in [-0.15, -0.1) is 0 Å². The molecule has 0 atom stereocenters. The Morgan fingerprint density at radius 2 is 1.75 bits per heavy atom. The highest BCUT2D eigenvalue weighted by Gasteiger charge is 2.26. The molecule has 1 aromatic heterocycles. The number of para-hydroxylation sites is 1. The van der Waals surface area contributed by atoms with E-state index in [0.29, 0.717) is 0 Å². The highest BCUT2D eigenvalue weighted by atomic mass is 32.1. The van der Waals surface area contributed by atoms with Crippen LogP contribution in [0.1, 0.15) is 25.7 Å². The Morgan fingerprint density at radius 1 is 1.00 bits per heavy atom. The van der Waals surface area contributed by atoms with Gasteiger partial charge in [-0.3, -0.25) is 4.90 Å². The molecule has 0 N–H and O–H groups in total. The van der Waals surface area contributed by atoms with Crippen LogP contribution in [0.2, 0.25) is 0 Å². The van der Waals surface area contributed by atoms with Crippen LogP contribution in [0.4, 0.5) is 5.13 Å². The molecule has 20 heavy (non-hydrogen) atoms. The molecule has 106 valence electrons. The van der Waals surface area contributed by atoms with E-state index in [1.54, 1.807) is 0 Å². The maximum Gasteiger partial charge on any atom is 0.186 e. The minimum absolute atomic E-state index is 0.868. The smallest absolute Gasteiger partial charge is 0.186 e. The predicted molar refractivity (Wildman–Crippen MR) is 85.7 cm³/mol. The Labute approximate surface area is 124 Å². The number of hydrogen-bond donors (Lipinski definition) is 0. The number of piperazine rings is 1. The van der Waals surface area contributed by atoms with Gasteiger partial charge in [0.15, 0.2) is 5.13 Å². The van der Waals surface area contributed by atoms with E-state index in [0.717, 1.165) is 24.6 Å². The maximum absolute atomic E-state index is 4.78. The molecule has 1 aliphatic heterocycles. The average molecular weight is 287 g/mol. The number of fused-ring (bicyclic) bond motifs is 1. The Bertz CT molecular complexity index is 547. The molecule has 2 fully saturated rings. The van der Waals surface area contributed by atoms with Crippen molar-refractivity contribution in [3.63, 3.8) is 0 Å². The van der Waals surface area contributed by atoms with Gasteiger partial charge in [0.2, 0.25) is 0 Å². The van der Waals surface area contributed by atoms with Crippen LogP contribution < -0.4 is 4.90 Å². The number of anilines is 1. The SMILES string of the molecule is c1ccc2sc(N3CCN(C4CCCC4)CC3)nc2c1. The summed E-state index contributed by atoms with van der Waals surface area (Å²) in [5.41, 5.74) is 1.14. The first-order valence-electron chi connectivity index (χ1n) is 7.75. The van der Waals surface area contributed by atoms with Crippen molar-refractivity contribution in [2.45, 2.75) is 31.7 Å². The van der Waals surface area contributed by atoms with Crippen molar-refractivity contribution < 1.29 is 0 Å². The second-order valence-corrected chi connectivity index (χ2v) is 6.93. The van der Waals surface area contributed by atoms with Crippen molar-refractivity contribution >= 4 is 26.7 Å². The normalized spacial score (nSPS) is 21.9. The lowest BCUT2D eigenvalue weighted by molar-refractivity contribution is 0.187. The third-order valence-electron chi connectivity index (χ3n) is 4.71. The molecule has 2 aromatic rings. The predicted octanol–water partition coefficient (Wildman–Crippen LogP) is 3.36. The zero-order valence-electron chi connectivity index (χ0n) is 11.8. The van der Waals surface area contributed by atoms with Gasteiger partial charge in [0, 0.05) is 32.2 Å². The van der Waals surface area contributed by atoms with Gasteiger partial charge in [0.1, 0.15) is 0 Å². The number of aromatic nitrogens is 1. The van der Waals surface area contributed by atoms with E-state index in [1.165, 1.54) is 48.6 Å². The molecule has 0 unspecified atom stereocenters. The third-order valence-corrected chi connectivity index (χ3v) is 5.81. The van der Waals surface area contributed by atoms with Crippen LogP contribution >= 0.6 is 11.3 Å². The lowest BCUT2D eigenvalue weighted by atomic mass is 10.2. The Morgan fingerprint density at radius 3 is 2.50 bits per heavy atom. The number of hydrogen-bond acceptors (Lipinski definition) is 4. The first kappa shape index (κ1) is 12.6. The largest absolute Gasteiger partial charge is 0.345 e. The van der Waals surface area contributed by atoms with Gasteiger partial charge in [0.25, 0.3) is 0 Å². The van der Waals surface area contributed by atoms with E-state index in [2.05, 4.69) is 34.1 Å². The molecule has 0 radical (unpaired) electrons. The average Bonchev–Trinajstić information content (AvgIpc) is 3.17. The molecule has 1 aliphatic carbocycles. The number of benzene rings is 1. The lowest BCUT2D eigenvalue weighted by Gasteiger charge is -2.37. The van der Waals surface area contributed by atoms with E-state index in [9.17, 15) is 0 Å². The molecule has 1 saturated carbocycles. The number of thiazole rings is 1. The molecular formula is C16H21N3S. The Hall–Kier alpha value is -1.13. The van der Waals surface area contributed by atoms with Gasteiger partial charge in [-0.25, -0.2) is 4.98 Å². The van der Waals surface area contributed by atoms with Gasteiger partial charge in [-0.05, 0) is 25.0 Å². The van der Waals surface area contributed by atoms with Crippen molar-refractivity contribution in [3.8, 4) is 0 Å². The van der Waals surface area contributed by atoms with Crippen molar-refractivity contribution in [2.24, 2.45) is 0 Å². The monoisotopic (exact) mass is 287 g/mol. The van der Waals surface area contributed by atoms with Crippen LogP contribution in [0.3, 0.4) is 0 Å². The van der Waals surface area contributed by atoms with Crippen molar-refractivity contribution in [2.75, 3.05) is 31.1 Å². The van der Waals surface area contributed by atoms with Crippen LogP contribution in [0, 0.1) is 0 Å². The van der Waals surface area contributed by atoms with E-state index in [-0.39, 0.29) is 0 Å². The summed E-state index contributed by atoms with van der Waals surface area (Å²) in [5.74, 6) is 0. The van der Waals surface area contributed by atoms with E-state index < -0.39 is 0 Å². The molecule has 1 aromatic carbocycles. The van der Waals surface area contributed by atoms with Crippen molar-refractivity contribution in [3.05, 3.63) is 24.3 Å². The quantitative estimate of drug-likeness (QED) is 0.844. The standard InChI is InChI=1S/C16H21N3S/c1-2-6-13(5-1)18-9-11-19(12-10-18)16-17-14-7-3-4-8-15(14)20-16/h3-4,7-8,13H,1-2,5-6,9-12H2. The van der Waals surface area contributed by atoms with Gasteiger partial charge in [0.05, 0.1) is 10.2 Å². The molecule has 0 spiro atoms. The minimum atomic E-state index is 0.868. The van der Waals surface area contributed by atoms with Crippen LogP contribution in [0.15, 0.2) is 24.3 Å². The maximum atomic E-state index is 4.78. The minimum Gasteiger partial charge on any atom is -0.345 e. The first-order valence-corrected chi connectivity index (χ1v) is 8.56. The number of nitrogens with zero attached hydrogens (tertiary/aromatic N) is 3. The lowest BCUT2D eigenvalue weighted by Crippen LogP contribution is -2.49. The van der Waals surface area contributed by atoms with Gasteiger partial charge >= 0.3 is 0 Å². The molecule has 4 rings (SSSR count). The topological polar surface area (TPSA) is 19.4 Å². The molecular weight excluding hydrogens is 266 g/mol. The second kappa shape index (κ2) is 5.34. The Kier molecular flexibility index (Phi) is 3.36. The fraction of sp³-hybridized carbons (Fsp3) is 0.562. The van der Waals surface area contributed by atoms with E-state index in [4.69, 9.17) is 4.98 Å². The van der Waals surface area contributed by atoms with Crippen LogP contribution in [-0.4, -0.2) is 42.1 Å². The first-order chi connectivity index (χ1) is 9.90. The van der Waals surface area contributed by atoms with Crippen molar-refractivity contribution in [1.82, 2.24) is 9.88 Å². The van der Waals surface area contributed by atoms with Crippen LogP contribution in [0.25, 0.3) is 10.2 Å². The molecule has 2 heterocycles. The summed E-state index contributed by atoms with van der Waals surface area (Å²) in [5, 5.41) is 1.21. The summed E-state index contributed by atoms with van der Waals surface area (Å²) < 4.78 is 1.31. The van der Waals surface area contributed by atoms with E-state index in [1.807, 2.05) is 11.3 Å². The summed E-state index contributed by atoms with van der Waals surface area (Å²) in [6, 6.07) is 9.33. The summed E-state index contributed by atoms with van der Waals surface area (Å²) in [7, 11) is 0. The molecule has 1 saturated heterocycles. The second-order valence-electron chi connectivity index (χ2n) is 5.93. The summed E-state index contributed by atoms with van der Waals surface area (Å²) in [4.78, 5) is 9.96. The highest BCUT2D eigenvalue weighted by molar-refractivity contribution is 7.22. The fourth-order valence-corrected chi connectivity index (χ4v) is 4.56. The van der Waals surface area contributed by atoms with Crippen LogP contribution in [0.5, 0.6) is 0 Å². The van der Waals surface area contributed by atoms with Crippen LogP contribution in [-0.2, 0) is 0 Å². The third kappa shape index (κ3) is 2.31. The van der Waals surface area contributed by atoms with Gasteiger partial charge < -0.3 is 4.90 Å².